The highest BCUT2D eigenvalue weighted by Crippen LogP contribution is 2.21. The van der Waals surface area contributed by atoms with Crippen molar-refractivity contribution in [3.8, 4) is 0 Å². The molecule has 1 aliphatic rings. The van der Waals surface area contributed by atoms with Crippen LogP contribution in [0.25, 0.3) is 11.0 Å². The Morgan fingerprint density at radius 3 is 3.05 bits per heavy atom. The molecule has 0 bridgehead atoms. The van der Waals surface area contributed by atoms with E-state index in [1.807, 2.05) is 10.6 Å². The molecule has 0 amide bonds. The molecule has 6 heteroatoms. The molecule has 106 valence electrons. The third-order valence-corrected chi connectivity index (χ3v) is 4.35. The Balaban J connectivity index is 1.90. The van der Waals surface area contributed by atoms with Crippen LogP contribution in [0.1, 0.15) is 16.7 Å². The zero-order valence-electron chi connectivity index (χ0n) is 11.3. The van der Waals surface area contributed by atoms with Crippen molar-refractivity contribution in [2.24, 2.45) is 0 Å². The van der Waals surface area contributed by atoms with Gasteiger partial charge < -0.3 is 14.9 Å². The van der Waals surface area contributed by atoms with Crippen LogP contribution < -0.4 is 10.9 Å². The summed E-state index contributed by atoms with van der Waals surface area (Å²) in [4.78, 5) is 17.6. The van der Waals surface area contributed by atoms with Crippen molar-refractivity contribution in [3.05, 3.63) is 62.3 Å². The minimum absolute atomic E-state index is 0.170. The van der Waals surface area contributed by atoms with Crippen LogP contribution in [-0.4, -0.2) is 14.5 Å². The lowest BCUT2D eigenvalue weighted by atomic mass is 10.0. The maximum Gasteiger partial charge on any atom is 0.276 e. The molecule has 3 aromatic rings. The smallest absolute Gasteiger partial charge is 0.276 e. The number of aromatic nitrogens is 3. The van der Waals surface area contributed by atoms with E-state index in [1.165, 1.54) is 16.7 Å². The van der Waals surface area contributed by atoms with Gasteiger partial charge in [0.15, 0.2) is 4.77 Å². The maximum absolute atomic E-state index is 11.9. The Hall–Kier alpha value is -2.18. The Morgan fingerprint density at radius 2 is 2.14 bits per heavy atom. The van der Waals surface area contributed by atoms with Gasteiger partial charge in [-0.2, -0.15) is 0 Å². The molecule has 0 fully saturated rings. The predicted molar refractivity (Wildman–Crippen MR) is 83.8 cm³/mol. The first-order chi connectivity index (χ1) is 10.2. The van der Waals surface area contributed by atoms with Gasteiger partial charge in [-0.3, -0.25) is 9.78 Å². The summed E-state index contributed by atoms with van der Waals surface area (Å²) < 4.78 is 2.42. The van der Waals surface area contributed by atoms with Crippen LogP contribution in [0.4, 0.5) is 0 Å². The van der Waals surface area contributed by atoms with Crippen molar-refractivity contribution in [2.75, 3.05) is 0 Å². The van der Waals surface area contributed by atoms with Crippen molar-refractivity contribution >= 4 is 23.3 Å². The number of nitrogens with zero attached hydrogens (tertiary/aromatic N) is 1. The van der Waals surface area contributed by atoms with Gasteiger partial charge in [0.05, 0.1) is 12.1 Å². The number of benzene rings is 1. The second-order valence-corrected chi connectivity index (χ2v) is 5.63. The Kier molecular flexibility index (Phi) is 2.80. The highest BCUT2D eigenvalue weighted by molar-refractivity contribution is 7.71. The number of rotatable bonds is 2. The van der Waals surface area contributed by atoms with Gasteiger partial charge in [0.1, 0.15) is 5.52 Å². The third kappa shape index (κ3) is 1.95. The second-order valence-electron chi connectivity index (χ2n) is 5.24. The normalized spacial score (nSPS) is 13.7. The Morgan fingerprint density at radius 1 is 1.24 bits per heavy atom. The topological polar surface area (TPSA) is 65.6 Å². The summed E-state index contributed by atoms with van der Waals surface area (Å²) in [5.41, 5.74) is 5.16. The summed E-state index contributed by atoms with van der Waals surface area (Å²) in [7, 11) is 0. The minimum atomic E-state index is -0.170. The van der Waals surface area contributed by atoms with Gasteiger partial charge >= 0.3 is 0 Å². The van der Waals surface area contributed by atoms with E-state index in [9.17, 15) is 4.79 Å². The van der Waals surface area contributed by atoms with Crippen LogP contribution in [0.5, 0.6) is 0 Å². The standard InChI is InChI=1S/C15H14N4OS/c20-14-13-12(4-5-17-13)19(15(21)18-14)8-10-3-1-2-9-6-16-7-11(9)10/h1-5,16-17H,6-8H2,(H,18,20,21). The first-order valence-corrected chi connectivity index (χ1v) is 7.25. The number of hydrogen-bond acceptors (Lipinski definition) is 3. The number of hydrogen-bond donors (Lipinski definition) is 3. The number of fused-ring (bicyclic) bond motifs is 2. The van der Waals surface area contributed by atoms with Crippen LogP contribution in [0, 0.1) is 4.77 Å². The van der Waals surface area contributed by atoms with E-state index >= 15 is 0 Å². The largest absolute Gasteiger partial charge is 0.355 e. The number of aromatic amines is 2. The fourth-order valence-electron chi connectivity index (χ4n) is 2.98. The average Bonchev–Trinajstić information content (AvgIpc) is 3.12. The van der Waals surface area contributed by atoms with Gasteiger partial charge in [0.25, 0.3) is 5.56 Å². The van der Waals surface area contributed by atoms with Crippen LogP contribution in [0.2, 0.25) is 0 Å². The molecule has 0 spiro atoms. The van der Waals surface area contributed by atoms with Crippen LogP contribution >= 0.6 is 12.2 Å². The molecule has 0 radical (unpaired) electrons. The van der Waals surface area contributed by atoms with Gasteiger partial charge in [-0.15, -0.1) is 0 Å². The van der Waals surface area contributed by atoms with Gasteiger partial charge in [0, 0.05) is 19.3 Å². The molecule has 1 aromatic carbocycles. The Labute approximate surface area is 125 Å². The van der Waals surface area contributed by atoms with Gasteiger partial charge in [0.2, 0.25) is 0 Å². The van der Waals surface area contributed by atoms with Crippen LogP contribution in [0.15, 0.2) is 35.3 Å². The first-order valence-electron chi connectivity index (χ1n) is 6.84. The third-order valence-electron chi connectivity index (χ3n) is 4.02. The van der Waals surface area contributed by atoms with Crippen LogP contribution in [-0.2, 0) is 19.6 Å². The van der Waals surface area contributed by atoms with E-state index in [0.717, 1.165) is 18.6 Å². The minimum Gasteiger partial charge on any atom is -0.355 e. The highest BCUT2D eigenvalue weighted by atomic mass is 32.1. The maximum atomic E-state index is 11.9. The summed E-state index contributed by atoms with van der Waals surface area (Å²) in [6.45, 7) is 2.47. The Bertz CT molecular complexity index is 950. The predicted octanol–water partition coefficient (Wildman–Crippen LogP) is 2.04. The molecule has 1 aliphatic heterocycles. The average molecular weight is 298 g/mol. The fraction of sp³-hybridized carbons (Fsp3) is 0.200. The quantitative estimate of drug-likeness (QED) is 0.634. The van der Waals surface area contributed by atoms with Gasteiger partial charge in [-0.25, -0.2) is 0 Å². The lowest BCUT2D eigenvalue weighted by Crippen LogP contribution is -2.15. The van der Waals surface area contributed by atoms with Crippen molar-refractivity contribution in [3.63, 3.8) is 0 Å². The molecule has 0 saturated carbocycles. The molecule has 21 heavy (non-hydrogen) atoms. The second kappa shape index (κ2) is 4.68. The van der Waals surface area contributed by atoms with Crippen LogP contribution in [0.3, 0.4) is 0 Å². The van der Waals surface area contributed by atoms with E-state index in [2.05, 4.69) is 33.5 Å². The summed E-state index contributed by atoms with van der Waals surface area (Å²) >= 11 is 5.34. The highest BCUT2D eigenvalue weighted by Gasteiger charge is 2.15. The van der Waals surface area contributed by atoms with E-state index in [0.29, 0.717) is 16.8 Å². The molecule has 0 unspecified atom stereocenters. The summed E-state index contributed by atoms with van der Waals surface area (Å²) in [5.74, 6) is 0. The summed E-state index contributed by atoms with van der Waals surface area (Å²) in [6, 6.07) is 8.24. The number of nitrogens with one attached hydrogen (secondary N) is 3. The van der Waals surface area contributed by atoms with Crippen molar-refractivity contribution < 1.29 is 0 Å². The molecule has 0 aliphatic carbocycles. The number of H-pyrrole nitrogens is 2. The van der Waals surface area contributed by atoms with Crippen molar-refractivity contribution in [2.45, 2.75) is 19.6 Å². The zero-order chi connectivity index (χ0) is 14.4. The lowest BCUT2D eigenvalue weighted by molar-refractivity contribution is 0.746. The molecule has 3 heterocycles. The molecular weight excluding hydrogens is 284 g/mol. The molecule has 0 saturated heterocycles. The van der Waals surface area contributed by atoms with Gasteiger partial charge in [-0.05, 0) is 35.0 Å². The van der Waals surface area contributed by atoms with E-state index in [4.69, 9.17) is 12.2 Å². The molecule has 4 rings (SSSR count). The monoisotopic (exact) mass is 298 g/mol. The molecular formula is C15H14N4OS. The van der Waals surface area contributed by atoms with Crippen molar-refractivity contribution in [1.82, 2.24) is 19.9 Å². The molecule has 2 aromatic heterocycles. The van der Waals surface area contributed by atoms with Gasteiger partial charge in [-0.1, -0.05) is 18.2 Å². The SMILES string of the molecule is O=c1[nH]c(=S)n(Cc2cccc3c2CNC3)c2cc[nH]c12. The summed E-state index contributed by atoms with van der Waals surface area (Å²) in [6.07, 6.45) is 1.77. The lowest BCUT2D eigenvalue weighted by Gasteiger charge is -2.12. The van der Waals surface area contributed by atoms with Crippen molar-refractivity contribution in [1.29, 1.82) is 0 Å². The summed E-state index contributed by atoms with van der Waals surface area (Å²) in [5, 5.41) is 3.37. The zero-order valence-corrected chi connectivity index (χ0v) is 12.1. The molecule has 5 nitrogen and oxygen atoms in total. The molecule has 0 atom stereocenters. The fourth-order valence-corrected chi connectivity index (χ4v) is 3.24. The van der Waals surface area contributed by atoms with E-state index in [-0.39, 0.29) is 5.56 Å². The van der Waals surface area contributed by atoms with E-state index in [1.54, 1.807) is 6.20 Å². The van der Waals surface area contributed by atoms with E-state index < -0.39 is 0 Å². The molecule has 3 N–H and O–H groups in total. The first kappa shape index (κ1) is 12.6.